The van der Waals surface area contributed by atoms with Crippen LogP contribution < -0.4 is 0 Å². The number of rotatable bonds is 23. The molecule has 1 unspecified atom stereocenters. The number of nitrogens with zero attached hydrogens (tertiary/aromatic N) is 4. The highest BCUT2D eigenvalue weighted by Crippen LogP contribution is 2.40. The van der Waals surface area contributed by atoms with Crippen molar-refractivity contribution in [2.24, 2.45) is 33.2 Å². The third-order valence-corrected chi connectivity index (χ3v) is 15.5. The first-order valence-electron chi connectivity index (χ1n) is 27.1. The van der Waals surface area contributed by atoms with Crippen molar-refractivity contribution in [3.63, 3.8) is 0 Å². The van der Waals surface area contributed by atoms with Gasteiger partial charge in [0.05, 0.1) is 16.9 Å². The van der Waals surface area contributed by atoms with E-state index in [2.05, 4.69) is 91.9 Å². The van der Waals surface area contributed by atoms with Gasteiger partial charge in [0.1, 0.15) is 5.71 Å². The quantitative estimate of drug-likeness (QED) is 0.0265. The van der Waals surface area contributed by atoms with E-state index >= 15 is 0 Å². The van der Waals surface area contributed by atoms with Crippen LogP contribution in [0.4, 0.5) is 0 Å². The maximum Gasteiger partial charge on any atom is 0.332 e. The van der Waals surface area contributed by atoms with E-state index in [1.165, 1.54) is 20.8 Å². The molecule has 406 valence electrons. The summed E-state index contributed by atoms with van der Waals surface area (Å²) in [6.07, 6.45) is 5.73. The largest absolute Gasteiger partial charge is 0.340 e. The highest BCUT2D eigenvalue weighted by molar-refractivity contribution is 7.99. The van der Waals surface area contributed by atoms with Gasteiger partial charge in [-0.15, -0.1) is 0 Å². The average molecular weight is 1090 g/mol. The monoisotopic (exact) mass is 1090 g/mol. The van der Waals surface area contributed by atoms with Crippen molar-refractivity contribution in [2.75, 3.05) is 0 Å². The van der Waals surface area contributed by atoms with E-state index in [1.807, 2.05) is 115 Å². The Bertz CT molecular complexity index is 3580. The first kappa shape index (κ1) is 57.6. The number of unbranched alkanes of at least 4 members (excludes halogenated alkanes) is 1. The van der Waals surface area contributed by atoms with Crippen molar-refractivity contribution >= 4 is 96.9 Å². The van der Waals surface area contributed by atoms with Crippen LogP contribution in [-0.2, 0) is 35.4 Å². The third-order valence-electron chi connectivity index (χ3n) is 13.5. The van der Waals surface area contributed by atoms with Gasteiger partial charge in [0.2, 0.25) is 0 Å². The highest BCUT2D eigenvalue weighted by atomic mass is 32.2. The molecule has 0 saturated carbocycles. The van der Waals surface area contributed by atoms with Crippen molar-refractivity contribution in [2.45, 2.75) is 127 Å². The highest BCUT2D eigenvalue weighted by Gasteiger charge is 2.23. The topological polar surface area (TPSA) is 138 Å². The number of hydrogen-bond donors (Lipinski definition) is 0. The molecule has 8 rings (SSSR count). The fraction of sp³-hybridized carbons (Fsp3) is 0.288. The van der Waals surface area contributed by atoms with E-state index in [-0.39, 0.29) is 5.78 Å². The van der Waals surface area contributed by atoms with Gasteiger partial charge in [-0.2, -0.15) is 0 Å². The summed E-state index contributed by atoms with van der Waals surface area (Å²) in [7, 11) is 0. The van der Waals surface area contributed by atoms with Gasteiger partial charge in [-0.05, 0) is 132 Å². The summed E-state index contributed by atoms with van der Waals surface area (Å²) in [4.78, 5) is 69.8. The van der Waals surface area contributed by atoms with Crippen molar-refractivity contribution < 1.29 is 33.7 Å². The summed E-state index contributed by atoms with van der Waals surface area (Å²) in [5, 5.41) is 16.5. The zero-order valence-corrected chi connectivity index (χ0v) is 48.1. The van der Waals surface area contributed by atoms with Crippen molar-refractivity contribution in [3.8, 4) is 0 Å². The molecule has 1 aromatic heterocycles. The van der Waals surface area contributed by atoms with Crippen LogP contribution in [0, 0.1) is 17.8 Å². The second-order valence-electron chi connectivity index (χ2n) is 20.7. The first-order chi connectivity index (χ1) is 38.1. The van der Waals surface area contributed by atoms with Gasteiger partial charge < -0.3 is 19.1 Å². The lowest BCUT2D eigenvalue weighted by Crippen LogP contribution is -2.11. The van der Waals surface area contributed by atoms with Gasteiger partial charge in [0.15, 0.2) is 5.78 Å². The summed E-state index contributed by atoms with van der Waals surface area (Å²) in [5.41, 5.74) is 8.53. The van der Waals surface area contributed by atoms with Crippen LogP contribution >= 0.6 is 23.5 Å². The van der Waals surface area contributed by atoms with Gasteiger partial charge in [0.25, 0.3) is 0 Å². The van der Waals surface area contributed by atoms with Gasteiger partial charge >= 0.3 is 17.9 Å². The van der Waals surface area contributed by atoms with E-state index in [1.54, 1.807) is 23.5 Å². The molecule has 7 aromatic carbocycles. The lowest BCUT2D eigenvalue weighted by molar-refractivity contribution is -0.141. The van der Waals surface area contributed by atoms with Crippen LogP contribution in [0.1, 0.15) is 139 Å². The Balaban J connectivity index is 1.14. The van der Waals surface area contributed by atoms with Crippen LogP contribution in [0.15, 0.2) is 181 Å². The Morgan fingerprint density at radius 3 is 1.43 bits per heavy atom. The molecule has 0 N–H and O–H groups in total. The van der Waals surface area contributed by atoms with Gasteiger partial charge in [-0.1, -0.05) is 167 Å². The zero-order valence-electron chi connectivity index (χ0n) is 46.5. The van der Waals surface area contributed by atoms with Gasteiger partial charge in [-0.3, -0.25) is 4.79 Å². The lowest BCUT2D eigenvalue weighted by Gasteiger charge is -2.18. The molecule has 79 heavy (non-hydrogen) atoms. The van der Waals surface area contributed by atoms with Crippen LogP contribution in [-0.4, -0.2) is 45.4 Å². The van der Waals surface area contributed by atoms with E-state index in [0.717, 1.165) is 112 Å². The molecule has 0 saturated heterocycles. The number of carbonyl (C=O) groups is 4. The SMILES string of the molecule is CCCCC(CC)Cn1c2ccc(C(=NOC(C)=O)c3ccc(Sc4ccc(C(CC(C)C)=NOC(C)=O)cc4)cc3)cc2c2cc(C(=O)c3ccc(Sc4ccc(C(CC(C)C)=NOC(C)=O)cc4)cc3)c3ccccc3c21. The number of oxime groups is 3. The molecule has 0 fully saturated rings. The molecule has 1 heterocycles. The molecule has 0 bridgehead atoms. The standard InChI is InChI=1S/C66H68N4O7S2/c1-10-12-15-46(11-2)40-70-63-35-26-51(64(69-77-45(9)73)49-22-31-54(32-23-49)78-52-27-18-47(19-28-52)61(36-41(3)4)67-75-43(7)71)38-58(63)59-39-60(56-16-13-14-17-57(56)65(59)70)66(74)50-24-33-55(34-25-50)79-53-29-20-48(21-30-53)62(37-42(5)6)68-76-44(8)72/h13-14,16-35,38-39,41-42,46H,10-12,15,36-37,40H2,1-9H3. The van der Waals surface area contributed by atoms with Crippen LogP contribution in [0.3, 0.4) is 0 Å². The normalized spacial score (nSPS) is 12.7. The Morgan fingerprint density at radius 1 is 0.506 bits per heavy atom. The number of carbonyl (C=O) groups excluding carboxylic acids is 4. The predicted octanol–water partition coefficient (Wildman–Crippen LogP) is 16.6. The Morgan fingerprint density at radius 2 is 0.962 bits per heavy atom. The minimum atomic E-state index is -0.534. The van der Waals surface area contributed by atoms with E-state index in [0.29, 0.717) is 53.1 Å². The first-order valence-corrected chi connectivity index (χ1v) is 28.8. The number of benzene rings is 7. The summed E-state index contributed by atoms with van der Waals surface area (Å²) >= 11 is 3.20. The Hall–Kier alpha value is -7.61. The van der Waals surface area contributed by atoms with E-state index in [9.17, 15) is 19.2 Å². The zero-order chi connectivity index (χ0) is 56.2. The number of fused-ring (bicyclic) bond motifs is 5. The molecule has 0 radical (unpaired) electrons. The van der Waals surface area contributed by atoms with Crippen LogP contribution in [0.25, 0.3) is 32.6 Å². The van der Waals surface area contributed by atoms with Crippen molar-refractivity contribution in [1.82, 2.24) is 4.57 Å². The second kappa shape index (κ2) is 26.8. The third kappa shape index (κ3) is 14.8. The van der Waals surface area contributed by atoms with E-state index < -0.39 is 17.9 Å². The van der Waals surface area contributed by atoms with Crippen molar-refractivity contribution in [3.05, 3.63) is 179 Å². The summed E-state index contributed by atoms with van der Waals surface area (Å²) in [6, 6.07) is 48.5. The molecule has 13 heteroatoms. The summed E-state index contributed by atoms with van der Waals surface area (Å²) in [5.74, 6) is -0.439. The van der Waals surface area contributed by atoms with Gasteiger partial charge in [0, 0.05) is 90.8 Å². The average Bonchev–Trinajstić information content (AvgIpc) is 3.98. The number of aromatic nitrogens is 1. The summed E-state index contributed by atoms with van der Waals surface area (Å²) < 4.78 is 2.45. The predicted molar refractivity (Wildman–Crippen MR) is 321 cm³/mol. The molecule has 0 amide bonds. The maximum absolute atomic E-state index is 15.0. The molecule has 0 spiro atoms. The maximum atomic E-state index is 15.0. The second-order valence-corrected chi connectivity index (χ2v) is 23.0. The van der Waals surface area contributed by atoms with E-state index in [4.69, 9.17) is 14.5 Å². The fourth-order valence-corrected chi connectivity index (χ4v) is 11.3. The lowest BCUT2D eigenvalue weighted by atomic mass is 9.94. The fourth-order valence-electron chi connectivity index (χ4n) is 9.69. The minimum absolute atomic E-state index is 0.0785. The molecule has 0 aliphatic carbocycles. The molecule has 0 aliphatic heterocycles. The minimum Gasteiger partial charge on any atom is -0.340 e. The molecule has 1 atom stereocenters. The molecule has 8 aromatic rings. The van der Waals surface area contributed by atoms with Crippen LogP contribution in [0.2, 0.25) is 0 Å². The molecule has 11 nitrogen and oxygen atoms in total. The van der Waals surface area contributed by atoms with Crippen LogP contribution in [0.5, 0.6) is 0 Å². The van der Waals surface area contributed by atoms with Gasteiger partial charge in [-0.25, -0.2) is 14.4 Å². The molecular formula is C66H68N4O7S2. The number of ketones is 1. The Labute approximate surface area is 471 Å². The molecule has 0 aliphatic rings. The summed E-state index contributed by atoms with van der Waals surface area (Å²) in [6.45, 7) is 17.7. The Kier molecular flexibility index (Phi) is 19.6. The smallest absolute Gasteiger partial charge is 0.332 e. The van der Waals surface area contributed by atoms with Crippen molar-refractivity contribution in [1.29, 1.82) is 0 Å². The molecular weight excluding hydrogens is 1020 g/mol. The number of hydrogen-bond acceptors (Lipinski definition) is 12.